The second-order valence-electron chi connectivity index (χ2n) is 6.24. The molecule has 0 aliphatic rings. The highest BCUT2D eigenvalue weighted by molar-refractivity contribution is 7.12. The van der Waals surface area contributed by atoms with Gasteiger partial charge in [-0.2, -0.15) is 0 Å². The van der Waals surface area contributed by atoms with E-state index in [1.165, 1.54) is 0 Å². The third-order valence-corrected chi connectivity index (χ3v) is 5.55. The van der Waals surface area contributed by atoms with E-state index in [1.807, 2.05) is 29.6 Å². The molecule has 0 unspecified atom stereocenters. The molecule has 27 heavy (non-hydrogen) atoms. The van der Waals surface area contributed by atoms with Gasteiger partial charge < -0.3 is 4.74 Å². The number of aromatic nitrogens is 6. The van der Waals surface area contributed by atoms with Crippen molar-refractivity contribution in [3.8, 4) is 22.3 Å². The number of ether oxygens (including phenoxy) is 1. The Morgan fingerprint density at radius 2 is 1.85 bits per heavy atom. The van der Waals surface area contributed by atoms with Crippen molar-refractivity contribution in [2.24, 2.45) is 0 Å². The molecule has 0 amide bonds. The lowest BCUT2D eigenvalue weighted by Gasteiger charge is -2.02. The van der Waals surface area contributed by atoms with Gasteiger partial charge in [0, 0.05) is 22.8 Å². The van der Waals surface area contributed by atoms with E-state index in [0.29, 0.717) is 5.82 Å². The Balaban J connectivity index is 1.75. The van der Waals surface area contributed by atoms with Gasteiger partial charge in [-0.3, -0.25) is 4.57 Å². The van der Waals surface area contributed by atoms with Crippen molar-refractivity contribution in [1.29, 1.82) is 0 Å². The number of fused-ring (bicyclic) bond motifs is 3. The second-order valence-corrected chi connectivity index (χ2v) is 7.11. The normalized spacial score (nSPS) is 11.5. The number of rotatable bonds is 3. The summed E-state index contributed by atoms with van der Waals surface area (Å²) in [7, 11) is 1.65. The predicted octanol–water partition coefficient (Wildman–Crippen LogP) is 3.82. The van der Waals surface area contributed by atoms with Crippen LogP contribution in [0.15, 0.2) is 42.2 Å². The van der Waals surface area contributed by atoms with Crippen LogP contribution >= 0.6 is 11.3 Å². The van der Waals surface area contributed by atoms with Gasteiger partial charge >= 0.3 is 0 Å². The van der Waals surface area contributed by atoms with E-state index in [1.54, 1.807) is 35.5 Å². The van der Waals surface area contributed by atoms with E-state index in [2.05, 4.69) is 33.5 Å². The first-order chi connectivity index (χ1) is 13.2. The van der Waals surface area contributed by atoms with Crippen LogP contribution in [0.1, 0.15) is 11.3 Å². The Kier molecular flexibility index (Phi) is 3.48. The minimum absolute atomic E-state index is 0.658. The molecule has 7 nitrogen and oxygen atoms in total. The maximum atomic E-state index is 5.22. The highest BCUT2D eigenvalue weighted by Crippen LogP contribution is 2.31. The second kappa shape index (κ2) is 5.88. The zero-order valence-electron chi connectivity index (χ0n) is 15.0. The Morgan fingerprint density at radius 3 is 2.56 bits per heavy atom. The molecular formula is C19H16N6OS. The molecule has 134 valence electrons. The number of thiazole rings is 1. The van der Waals surface area contributed by atoms with Crippen molar-refractivity contribution >= 4 is 28.0 Å². The minimum atomic E-state index is 0.658. The van der Waals surface area contributed by atoms with E-state index in [-0.39, 0.29) is 0 Å². The molecule has 0 aliphatic heterocycles. The first-order valence-corrected chi connectivity index (χ1v) is 9.32. The smallest absolute Gasteiger partial charge is 0.195 e. The average Bonchev–Trinajstić information content (AvgIpc) is 3.41. The van der Waals surface area contributed by atoms with Gasteiger partial charge in [-0.05, 0) is 43.7 Å². The summed E-state index contributed by atoms with van der Waals surface area (Å²) in [5.41, 5.74) is 4.81. The van der Waals surface area contributed by atoms with Gasteiger partial charge in [0.25, 0.3) is 0 Å². The van der Waals surface area contributed by atoms with Crippen LogP contribution in [0.2, 0.25) is 0 Å². The molecule has 0 saturated heterocycles. The van der Waals surface area contributed by atoms with Crippen LogP contribution in [0.3, 0.4) is 0 Å². The van der Waals surface area contributed by atoms with Crippen LogP contribution in [-0.2, 0) is 0 Å². The summed E-state index contributed by atoms with van der Waals surface area (Å²) in [5, 5.41) is 8.47. The minimum Gasteiger partial charge on any atom is -0.497 e. The Hall–Kier alpha value is -3.26. The first kappa shape index (κ1) is 16.0. The summed E-state index contributed by atoms with van der Waals surface area (Å²) in [5.74, 6) is 1.46. The topological polar surface area (TPSA) is 70.1 Å². The van der Waals surface area contributed by atoms with Gasteiger partial charge in [0.2, 0.25) is 0 Å². The number of hydrogen-bond acceptors (Lipinski definition) is 6. The van der Waals surface area contributed by atoms with Crippen LogP contribution < -0.4 is 4.74 Å². The van der Waals surface area contributed by atoms with Crippen LogP contribution in [-0.4, -0.2) is 36.2 Å². The molecule has 0 atom stereocenters. The quantitative estimate of drug-likeness (QED) is 0.479. The zero-order valence-corrected chi connectivity index (χ0v) is 15.9. The van der Waals surface area contributed by atoms with E-state index in [0.717, 1.165) is 44.4 Å². The Labute approximate surface area is 158 Å². The van der Waals surface area contributed by atoms with Crippen LogP contribution in [0.25, 0.3) is 33.2 Å². The van der Waals surface area contributed by atoms with Crippen molar-refractivity contribution < 1.29 is 4.74 Å². The lowest BCUT2D eigenvalue weighted by atomic mass is 10.2. The number of nitrogens with zero attached hydrogens (tertiary/aromatic N) is 6. The molecule has 0 bridgehead atoms. The van der Waals surface area contributed by atoms with Gasteiger partial charge in [0.15, 0.2) is 22.3 Å². The lowest BCUT2D eigenvalue weighted by Crippen LogP contribution is -1.98. The number of hydrogen-bond donors (Lipinski definition) is 0. The molecule has 1 aromatic carbocycles. The van der Waals surface area contributed by atoms with E-state index >= 15 is 0 Å². The molecule has 0 saturated carbocycles. The molecule has 5 aromatic rings. The van der Waals surface area contributed by atoms with Crippen LogP contribution in [0, 0.1) is 13.8 Å². The molecule has 0 fully saturated rings. The standard InChI is InChI=1S/C19H16N6OS/c1-11-12(2)25(19-20-8-9-27-19)17-15(11)18-22-16(23-24(18)10-21-17)13-4-6-14(26-3)7-5-13/h4-10H,1-3H3. The molecular weight excluding hydrogens is 360 g/mol. The summed E-state index contributed by atoms with van der Waals surface area (Å²) in [4.78, 5) is 13.9. The average molecular weight is 376 g/mol. The number of benzene rings is 1. The first-order valence-electron chi connectivity index (χ1n) is 8.44. The summed E-state index contributed by atoms with van der Waals surface area (Å²) < 4.78 is 9.04. The Bertz CT molecular complexity index is 1270. The number of aryl methyl sites for hydroxylation is 1. The van der Waals surface area contributed by atoms with Gasteiger partial charge in [-0.15, -0.1) is 16.4 Å². The SMILES string of the molecule is COc1ccc(-c2nc3c4c(C)c(C)n(-c5nccs5)c4ncn3n2)cc1. The fourth-order valence-electron chi connectivity index (χ4n) is 3.28. The third-order valence-electron chi connectivity index (χ3n) is 4.79. The van der Waals surface area contributed by atoms with Crippen molar-refractivity contribution in [2.75, 3.05) is 7.11 Å². The molecule has 8 heteroatoms. The largest absolute Gasteiger partial charge is 0.497 e. The molecule has 0 radical (unpaired) electrons. The highest BCUT2D eigenvalue weighted by Gasteiger charge is 2.20. The molecule has 4 aromatic heterocycles. The maximum Gasteiger partial charge on any atom is 0.195 e. The highest BCUT2D eigenvalue weighted by atomic mass is 32.1. The van der Waals surface area contributed by atoms with E-state index in [4.69, 9.17) is 9.72 Å². The fraction of sp³-hybridized carbons (Fsp3) is 0.158. The van der Waals surface area contributed by atoms with Crippen molar-refractivity contribution in [1.82, 2.24) is 29.1 Å². The summed E-state index contributed by atoms with van der Waals surface area (Å²) >= 11 is 1.59. The Morgan fingerprint density at radius 1 is 1.04 bits per heavy atom. The zero-order chi connectivity index (χ0) is 18.5. The summed E-state index contributed by atoms with van der Waals surface area (Å²) in [6, 6.07) is 7.72. The van der Waals surface area contributed by atoms with Gasteiger partial charge in [-0.25, -0.2) is 19.5 Å². The molecule has 4 heterocycles. The van der Waals surface area contributed by atoms with Crippen molar-refractivity contribution in [2.45, 2.75) is 13.8 Å². The fourth-order valence-corrected chi connectivity index (χ4v) is 3.98. The van der Waals surface area contributed by atoms with Crippen molar-refractivity contribution in [3.05, 3.63) is 53.4 Å². The molecule has 5 rings (SSSR count). The number of methoxy groups -OCH3 is 1. The molecule has 0 spiro atoms. The van der Waals surface area contributed by atoms with Crippen molar-refractivity contribution in [3.63, 3.8) is 0 Å². The van der Waals surface area contributed by atoms with Gasteiger partial charge in [-0.1, -0.05) is 0 Å². The van der Waals surface area contributed by atoms with Gasteiger partial charge in [0.1, 0.15) is 12.1 Å². The molecule has 0 aliphatic carbocycles. The summed E-state index contributed by atoms with van der Waals surface area (Å²) in [6.45, 7) is 4.17. The maximum absolute atomic E-state index is 5.22. The van der Waals surface area contributed by atoms with E-state index < -0.39 is 0 Å². The lowest BCUT2D eigenvalue weighted by molar-refractivity contribution is 0.415. The molecule has 0 N–H and O–H groups in total. The van der Waals surface area contributed by atoms with E-state index in [9.17, 15) is 0 Å². The monoisotopic (exact) mass is 376 g/mol. The summed E-state index contributed by atoms with van der Waals surface area (Å²) in [6.07, 6.45) is 3.51. The van der Waals surface area contributed by atoms with Crippen LogP contribution in [0.4, 0.5) is 0 Å². The predicted molar refractivity (Wildman–Crippen MR) is 105 cm³/mol. The third kappa shape index (κ3) is 2.33. The van der Waals surface area contributed by atoms with Gasteiger partial charge in [0.05, 0.1) is 12.5 Å². The van der Waals surface area contributed by atoms with Crippen LogP contribution in [0.5, 0.6) is 5.75 Å².